The molecule has 0 aliphatic carbocycles. The highest BCUT2D eigenvalue weighted by atomic mass is 19.1. The molecule has 0 atom stereocenters. The minimum atomic E-state index is -0.920. The van der Waals surface area contributed by atoms with E-state index in [2.05, 4.69) is 0 Å². The predicted octanol–water partition coefficient (Wildman–Crippen LogP) is 3.43. The fourth-order valence-corrected chi connectivity index (χ4v) is 1.81. The van der Waals surface area contributed by atoms with Crippen LogP contribution in [0.5, 0.6) is 0 Å². The zero-order valence-electron chi connectivity index (χ0n) is 9.98. The molecular formula is C15H13FO2. The topological polar surface area (TPSA) is 37.3 Å². The molecule has 0 spiro atoms. The highest BCUT2D eigenvalue weighted by Crippen LogP contribution is 2.24. The van der Waals surface area contributed by atoms with Crippen LogP contribution >= 0.6 is 0 Å². The number of carboxylic acids is 1. The van der Waals surface area contributed by atoms with Gasteiger partial charge in [-0.25, -0.2) is 4.39 Å². The molecule has 2 aromatic rings. The Kier molecular flexibility index (Phi) is 3.42. The Labute approximate surface area is 105 Å². The molecule has 0 aliphatic heterocycles. The second kappa shape index (κ2) is 5.00. The van der Waals surface area contributed by atoms with Gasteiger partial charge in [0.1, 0.15) is 5.82 Å². The predicted molar refractivity (Wildman–Crippen MR) is 67.9 cm³/mol. The summed E-state index contributed by atoms with van der Waals surface area (Å²) in [6.07, 6.45) is -0.0981. The molecule has 3 heteroatoms. The molecule has 2 rings (SSSR count). The molecular weight excluding hydrogens is 231 g/mol. The zero-order valence-corrected chi connectivity index (χ0v) is 9.98. The molecule has 0 heterocycles. The van der Waals surface area contributed by atoms with Crippen LogP contribution in [0.4, 0.5) is 4.39 Å². The standard InChI is InChI=1S/C15H13FO2/c1-10-2-5-12(6-3-10)13-8-11(9-15(17)18)4-7-14(13)16/h2-8H,9H2,1H3,(H,17,18). The fraction of sp³-hybridized carbons (Fsp3) is 0.133. The fourth-order valence-electron chi connectivity index (χ4n) is 1.81. The molecule has 0 radical (unpaired) electrons. The summed E-state index contributed by atoms with van der Waals surface area (Å²) in [5.74, 6) is -1.26. The highest BCUT2D eigenvalue weighted by molar-refractivity contribution is 5.72. The summed E-state index contributed by atoms with van der Waals surface area (Å²) in [7, 11) is 0. The Bertz CT molecular complexity index is 574. The minimum absolute atomic E-state index is 0.0981. The van der Waals surface area contributed by atoms with Gasteiger partial charge in [-0.2, -0.15) is 0 Å². The number of aryl methyl sites for hydroxylation is 1. The van der Waals surface area contributed by atoms with E-state index in [0.29, 0.717) is 11.1 Å². The van der Waals surface area contributed by atoms with Crippen molar-refractivity contribution in [2.45, 2.75) is 13.3 Å². The molecule has 18 heavy (non-hydrogen) atoms. The first kappa shape index (κ1) is 12.3. The first-order chi connectivity index (χ1) is 8.56. The van der Waals surface area contributed by atoms with Crippen LogP contribution in [0.25, 0.3) is 11.1 Å². The average molecular weight is 244 g/mol. The van der Waals surface area contributed by atoms with Crippen molar-refractivity contribution in [2.24, 2.45) is 0 Å². The van der Waals surface area contributed by atoms with Crippen LogP contribution in [-0.4, -0.2) is 11.1 Å². The second-order valence-corrected chi connectivity index (χ2v) is 4.25. The summed E-state index contributed by atoms with van der Waals surface area (Å²) in [6.45, 7) is 1.96. The Morgan fingerprint density at radius 3 is 2.44 bits per heavy atom. The van der Waals surface area contributed by atoms with Crippen LogP contribution < -0.4 is 0 Å². The Morgan fingerprint density at radius 2 is 1.83 bits per heavy atom. The molecule has 0 fully saturated rings. The summed E-state index contributed by atoms with van der Waals surface area (Å²) in [6, 6.07) is 11.9. The highest BCUT2D eigenvalue weighted by Gasteiger charge is 2.08. The van der Waals surface area contributed by atoms with Gasteiger partial charge in [-0.15, -0.1) is 0 Å². The van der Waals surface area contributed by atoms with Crippen molar-refractivity contribution < 1.29 is 14.3 Å². The zero-order chi connectivity index (χ0) is 13.1. The molecule has 0 amide bonds. The average Bonchev–Trinajstić information content (AvgIpc) is 2.32. The van der Waals surface area contributed by atoms with Gasteiger partial charge in [0.15, 0.2) is 0 Å². The Balaban J connectivity index is 2.42. The number of halogens is 1. The lowest BCUT2D eigenvalue weighted by Crippen LogP contribution is -2.00. The van der Waals surface area contributed by atoms with Gasteiger partial charge in [0.25, 0.3) is 0 Å². The number of aliphatic carboxylic acids is 1. The van der Waals surface area contributed by atoms with Crippen LogP contribution in [0.2, 0.25) is 0 Å². The number of rotatable bonds is 3. The van der Waals surface area contributed by atoms with Crippen molar-refractivity contribution in [1.29, 1.82) is 0 Å². The number of carboxylic acid groups (broad SMARTS) is 1. The van der Waals surface area contributed by atoms with Crippen LogP contribution in [0.3, 0.4) is 0 Å². The molecule has 0 unspecified atom stereocenters. The third kappa shape index (κ3) is 2.74. The lowest BCUT2D eigenvalue weighted by atomic mass is 10.0. The molecule has 2 nitrogen and oxygen atoms in total. The van der Waals surface area contributed by atoms with Crippen LogP contribution in [0.1, 0.15) is 11.1 Å². The molecule has 0 saturated heterocycles. The van der Waals surface area contributed by atoms with Crippen LogP contribution in [0, 0.1) is 12.7 Å². The monoisotopic (exact) mass is 244 g/mol. The largest absolute Gasteiger partial charge is 0.481 e. The number of hydrogen-bond donors (Lipinski definition) is 1. The molecule has 2 aromatic carbocycles. The van der Waals surface area contributed by atoms with Crippen molar-refractivity contribution in [2.75, 3.05) is 0 Å². The van der Waals surface area contributed by atoms with Gasteiger partial charge < -0.3 is 5.11 Å². The van der Waals surface area contributed by atoms with E-state index in [4.69, 9.17) is 5.11 Å². The maximum atomic E-state index is 13.7. The van der Waals surface area contributed by atoms with Gasteiger partial charge in [-0.05, 0) is 30.2 Å². The first-order valence-electron chi connectivity index (χ1n) is 5.63. The molecule has 1 N–H and O–H groups in total. The summed E-state index contributed by atoms with van der Waals surface area (Å²) in [4.78, 5) is 10.7. The number of hydrogen-bond acceptors (Lipinski definition) is 1. The third-order valence-corrected chi connectivity index (χ3v) is 2.75. The van der Waals surface area contributed by atoms with Gasteiger partial charge in [0.2, 0.25) is 0 Å². The smallest absolute Gasteiger partial charge is 0.307 e. The summed E-state index contributed by atoms with van der Waals surface area (Å²) < 4.78 is 13.7. The van der Waals surface area contributed by atoms with Crippen LogP contribution in [0.15, 0.2) is 42.5 Å². The molecule has 92 valence electrons. The lowest BCUT2D eigenvalue weighted by Gasteiger charge is -2.06. The quantitative estimate of drug-likeness (QED) is 0.898. The van der Waals surface area contributed by atoms with Gasteiger partial charge in [-0.3, -0.25) is 4.79 Å². The van der Waals surface area contributed by atoms with E-state index in [1.54, 1.807) is 6.07 Å². The summed E-state index contributed by atoms with van der Waals surface area (Å²) >= 11 is 0. The van der Waals surface area contributed by atoms with E-state index in [1.807, 2.05) is 31.2 Å². The van der Waals surface area contributed by atoms with E-state index in [9.17, 15) is 9.18 Å². The van der Waals surface area contributed by atoms with Crippen molar-refractivity contribution in [3.63, 3.8) is 0 Å². The summed E-state index contributed by atoms with van der Waals surface area (Å²) in [5, 5.41) is 8.74. The van der Waals surface area contributed by atoms with Gasteiger partial charge in [-0.1, -0.05) is 35.9 Å². The van der Waals surface area contributed by atoms with Gasteiger partial charge in [0, 0.05) is 5.56 Å². The lowest BCUT2D eigenvalue weighted by molar-refractivity contribution is -0.136. The van der Waals surface area contributed by atoms with Crippen molar-refractivity contribution in [1.82, 2.24) is 0 Å². The van der Waals surface area contributed by atoms with E-state index in [0.717, 1.165) is 11.1 Å². The summed E-state index contributed by atoms with van der Waals surface area (Å²) in [5.41, 5.74) is 2.89. The van der Waals surface area contributed by atoms with Crippen molar-refractivity contribution >= 4 is 5.97 Å². The maximum Gasteiger partial charge on any atom is 0.307 e. The van der Waals surface area contributed by atoms with Gasteiger partial charge >= 0.3 is 5.97 Å². The third-order valence-electron chi connectivity index (χ3n) is 2.75. The SMILES string of the molecule is Cc1ccc(-c2cc(CC(=O)O)ccc2F)cc1. The normalized spacial score (nSPS) is 10.3. The minimum Gasteiger partial charge on any atom is -0.481 e. The molecule has 0 aliphatic rings. The number of carbonyl (C=O) groups is 1. The van der Waals surface area contributed by atoms with Crippen molar-refractivity contribution in [3.05, 3.63) is 59.4 Å². The van der Waals surface area contributed by atoms with E-state index < -0.39 is 5.97 Å². The van der Waals surface area contributed by atoms with Crippen molar-refractivity contribution in [3.8, 4) is 11.1 Å². The van der Waals surface area contributed by atoms with Crippen LogP contribution in [-0.2, 0) is 11.2 Å². The Hall–Kier alpha value is -2.16. The van der Waals surface area contributed by atoms with E-state index >= 15 is 0 Å². The van der Waals surface area contributed by atoms with E-state index in [1.165, 1.54) is 12.1 Å². The second-order valence-electron chi connectivity index (χ2n) is 4.25. The van der Waals surface area contributed by atoms with E-state index in [-0.39, 0.29) is 12.2 Å². The number of benzene rings is 2. The molecule has 0 bridgehead atoms. The van der Waals surface area contributed by atoms with Gasteiger partial charge in [0.05, 0.1) is 6.42 Å². The molecule has 0 aromatic heterocycles. The Morgan fingerprint density at radius 1 is 1.17 bits per heavy atom. The first-order valence-corrected chi connectivity index (χ1v) is 5.63. The maximum absolute atomic E-state index is 13.7. The molecule has 0 saturated carbocycles.